The van der Waals surface area contributed by atoms with E-state index >= 15 is 0 Å². The highest BCUT2D eigenvalue weighted by Crippen LogP contribution is 2.18. The topological polar surface area (TPSA) is 65.5 Å². The molecule has 0 aliphatic rings. The van der Waals surface area contributed by atoms with Crippen LogP contribution in [0.4, 0.5) is 0 Å². The van der Waals surface area contributed by atoms with Gasteiger partial charge in [-0.15, -0.1) is 12.4 Å². The Bertz CT molecular complexity index is 325. The van der Waals surface area contributed by atoms with Crippen LogP contribution in [0.1, 0.15) is 37.8 Å². The van der Waals surface area contributed by atoms with Gasteiger partial charge in [0.1, 0.15) is 11.5 Å². The molecule has 2 N–H and O–H groups in total. The summed E-state index contributed by atoms with van der Waals surface area (Å²) in [5, 5.41) is 0. The maximum Gasteiger partial charge on any atom is 0.307 e. The molecule has 0 saturated heterocycles. The molecule has 0 unspecified atom stereocenters. The first-order valence-electron chi connectivity index (χ1n) is 5.17. The number of halogens is 1. The smallest absolute Gasteiger partial charge is 0.307 e. The van der Waals surface area contributed by atoms with E-state index in [1.807, 2.05) is 19.1 Å². The Kier molecular flexibility index (Phi) is 6.85. The molecule has 0 spiro atoms. The van der Waals surface area contributed by atoms with Crippen molar-refractivity contribution in [1.29, 1.82) is 0 Å². The van der Waals surface area contributed by atoms with Crippen LogP contribution >= 0.6 is 12.4 Å². The zero-order valence-corrected chi connectivity index (χ0v) is 10.4. The van der Waals surface area contributed by atoms with Crippen molar-refractivity contribution in [3.05, 3.63) is 23.7 Å². The van der Waals surface area contributed by atoms with Gasteiger partial charge >= 0.3 is 5.97 Å². The molecule has 0 bridgehead atoms. The summed E-state index contributed by atoms with van der Waals surface area (Å²) in [6.07, 6.45) is 0.983. The van der Waals surface area contributed by atoms with Crippen molar-refractivity contribution < 1.29 is 13.9 Å². The Balaban J connectivity index is 0.00000225. The molecule has 0 saturated carbocycles. The fraction of sp³-hybridized carbons (Fsp3) is 0.545. The normalized spacial score (nSPS) is 11.7. The van der Waals surface area contributed by atoms with Gasteiger partial charge in [0.05, 0.1) is 19.1 Å². The SMILES string of the molecule is CCOC(=O)C[C@@H](N)c1ccc(CC)o1.Cl. The van der Waals surface area contributed by atoms with E-state index in [0.29, 0.717) is 12.4 Å². The maximum atomic E-state index is 11.2. The lowest BCUT2D eigenvalue weighted by Crippen LogP contribution is -2.16. The zero-order chi connectivity index (χ0) is 11.3. The number of ether oxygens (including phenoxy) is 1. The highest BCUT2D eigenvalue weighted by atomic mass is 35.5. The predicted octanol–water partition coefficient (Wildman–Crippen LogP) is 2.22. The first-order valence-corrected chi connectivity index (χ1v) is 5.17. The number of hydrogen-bond acceptors (Lipinski definition) is 4. The van der Waals surface area contributed by atoms with Crippen LogP contribution in [-0.2, 0) is 16.0 Å². The van der Waals surface area contributed by atoms with Gasteiger partial charge in [-0.25, -0.2) is 0 Å². The summed E-state index contributed by atoms with van der Waals surface area (Å²) in [7, 11) is 0. The fourth-order valence-electron chi connectivity index (χ4n) is 1.28. The zero-order valence-electron chi connectivity index (χ0n) is 9.56. The molecular weight excluding hydrogens is 230 g/mol. The van der Waals surface area contributed by atoms with Gasteiger partial charge in [0, 0.05) is 6.42 Å². The Morgan fingerprint density at radius 3 is 2.69 bits per heavy atom. The van der Waals surface area contributed by atoms with Gasteiger partial charge in [0.15, 0.2) is 0 Å². The van der Waals surface area contributed by atoms with Crippen LogP contribution in [0.15, 0.2) is 16.5 Å². The molecule has 0 radical (unpaired) electrons. The molecule has 0 aliphatic heterocycles. The summed E-state index contributed by atoms with van der Waals surface area (Å²) in [6, 6.07) is 3.27. The molecule has 0 amide bonds. The van der Waals surface area contributed by atoms with Crippen LogP contribution in [0.3, 0.4) is 0 Å². The monoisotopic (exact) mass is 247 g/mol. The van der Waals surface area contributed by atoms with Crippen molar-refractivity contribution in [3.8, 4) is 0 Å². The number of rotatable bonds is 5. The van der Waals surface area contributed by atoms with Gasteiger partial charge in [0.25, 0.3) is 0 Å². The molecule has 92 valence electrons. The number of carbonyl (C=O) groups is 1. The van der Waals surface area contributed by atoms with Gasteiger partial charge in [-0.2, -0.15) is 0 Å². The number of carbonyl (C=O) groups excluding carboxylic acids is 1. The van der Waals surface area contributed by atoms with Crippen LogP contribution in [0.2, 0.25) is 0 Å². The van der Waals surface area contributed by atoms with Crippen molar-refractivity contribution in [2.45, 2.75) is 32.7 Å². The van der Waals surface area contributed by atoms with Crippen LogP contribution in [0.5, 0.6) is 0 Å². The molecule has 1 atom stereocenters. The van der Waals surface area contributed by atoms with Crippen LogP contribution in [-0.4, -0.2) is 12.6 Å². The Hall–Kier alpha value is -1.00. The second-order valence-electron chi connectivity index (χ2n) is 3.27. The van der Waals surface area contributed by atoms with Crippen molar-refractivity contribution in [3.63, 3.8) is 0 Å². The number of esters is 1. The minimum absolute atomic E-state index is 0. The fourth-order valence-corrected chi connectivity index (χ4v) is 1.28. The van der Waals surface area contributed by atoms with Crippen molar-refractivity contribution in [1.82, 2.24) is 0 Å². The number of furan rings is 1. The lowest BCUT2D eigenvalue weighted by Gasteiger charge is -2.07. The molecule has 1 aromatic rings. The summed E-state index contributed by atoms with van der Waals surface area (Å²) in [4.78, 5) is 11.2. The van der Waals surface area contributed by atoms with Crippen molar-refractivity contribution >= 4 is 18.4 Å². The Labute approximate surface area is 102 Å². The molecule has 16 heavy (non-hydrogen) atoms. The maximum absolute atomic E-state index is 11.2. The number of aryl methyl sites for hydroxylation is 1. The van der Waals surface area contributed by atoms with Gasteiger partial charge in [-0.1, -0.05) is 6.92 Å². The molecule has 0 fully saturated rings. The molecule has 0 aliphatic carbocycles. The van der Waals surface area contributed by atoms with Crippen molar-refractivity contribution in [2.75, 3.05) is 6.61 Å². The average molecular weight is 248 g/mol. The van der Waals surface area contributed by atoms with Gasteiger partial charge in [-0.05, 0) is 19.1 Å². The predicted molar refractivity (Wildman–Crippen MR) is 63.5 cm³/mol. The van der Waals surface area contributed by atoms with E-state index in [9.17, 15) is 4.79 Å². The van der Waals surface area contributed by atoms with E-state index in [4.69, 9.17) is 14.9 Å². The van der Waals surface area contributed by atoms with E-state index in [1.165, 1.54) is 0 Å². The van der Waals surface area contributed by atoms with Crippen LogP contribution in [0, 0.1) is 0 Å². The molecule has 1 rings (SSSR count). The summed E-state index contributed by atoms with van der Waals surface area (Å²) in [5.41, 5.74) is 5.80. The summed E-state index contributed by atoms with van der Waals surface area (Å²) < 4.78 is 10.2. The number of hydrogen-bond donors (Lipinski definition) is 1. The minimum atomic E-state index is -0.413. The quantitative estimate of drug-likeness (QED) is 0.811. The van der Waals surface area contributed by atoms with Gasteiger partial charge < -0.3 is 14.9 Å². The third-order valence-electron chi connectivity index (χ3n) is 2.09. The molecule has 1 aromatic heterocycles. The minimum Gasteiger partial charge on any atom is -0.466 e. The molecular formula is C11H18ClNO3. The van der Waals surface area contributed by atoms with E-state index in [0.717, 1.165) is 12.2 Å². The summed E-state index contributed by atoms with van der Waals surface area (Å²) in [5.74, 6) is 1.23. The standard InChI is InChI=1S/C11H17NO3.ClH/c1-3-8-5-6-10(15-8)9(12)7-11(13)14-4-2;/h5-6,9H,3-4,7,12H2,1-2H3;1H/t9-;/m1./s1. The molecule has 4 nitrogen and oxygen atoms in total. The molecule has 1 heterocycles. The van der Waals surface area contributed by atoms with Crippen LogP contribution < -0.4 is 5.73 Å². The van der Waals surface area contributed by atoms with E-state index in [2.05, 4.69) is 0 Å². The Morgan fingerprint density at radius 2 is 2.19 bits per heavy atom. The number of nitrogens with two attached hydrogens (primary N) is 1. The molecule has 5 heteroatoms. The first-order chi connectivity index (χ1) is 7.17. The third kappa shape index (κ3) is 4.24. The second-order valence-corrected chi connectivity index (χ2v) is 3.27. The van der Waals surface area contributed by atoms with Crippen molar-refractivity contribution in [2.24, 2.45) is 5.73 Å². The van der Waals surface area contributed by atoms with Crippen LogP contribution in [0.25, 0.3) is 0 Å². The van der Waals surface area contributed by atoms with E-state index in [1.54, 1.807) is 6.92 Å². The van der Waals surface area contributed by atoms with E-state index in [-0.39, 0.29) is 24.8 Å². The first kappa shape index (κ1) is 15.0. The third-order valence-corrected chi connectivity index (χ3v) is 2.09. The largest absolute Gasteiger partial charge is 0.466 e. The lowest BCUT2D eigenvalue weighted by atomic mass is 10.2. The summed E-state index contributed by atoms with van der Waals surface area (Å²) >= 11 is 0. The Morgan fingerprint density at radius 1 is 1.50 bits per heavy atom. The highest BCUT2D eigenvalue weighted by molar-refractivity contribution is 5.85. The molecule has 0 aromatic carbocycles. The lowest BCUT2D eigenvalue weighted by molar-refractivity contribution is -0.143. The summed E-state index contributed by atoms with van der Waals surface area (Å²) in [6.45, 7) is 4.15. The average Bonchev–Trinajstić information content (AvgIpc) is 2.66. The van der Waals surface area contributed by atoms with Gasteiger partial charge in [-0.3, -0.25) is 4.79 Å². The van der Waals surface area contributed by atoms with E-state index < -0.39 is 6.04 Å². The van der Waals surface area contributed by atoms with Gasteiger partial charge in [0.2, 0.25) is 0 Å². The highest BCUT2D eigenvalue weighted by Gasteiger charge is 2.15. The second kappa shape index (κ2) is 7.30.